The highest BCUT2D eigenvalue weighted by atomic mass is 31.2. The lowest BCUT2D eigenvalue weighted by Gasteiger charge is -2.21. The Morgan fingerprint density at radius 1 is 0.310 bits per heavy atom. The maximum Gasteiger partial charge on any atom is 0.472 e. The van der Waals surface area contributed by atoms with E-state index in [1.807, 2.05) is 0 Å². The van der Waals surface area contributed by atoms with Crippen LogP contribution in [-0.4, -0.2) is 96.7 Å². The van der Waals surface area contributed by atoms with Gasteiger partial charge in [-0.15, -0.1) is 0 Å². The number of esters is 4. The molecule has 3 N–H and O–H groups in total. The number of aliphatic hydroxyl groups is 1. The van der Waals surface area contributed by atoms with E-state index in [1.54, 1.807) is 0 Å². The molecule has 0 spiro atoms. The Bertz CT molecular complexity index is 1690. The number of carbonyl (C=O) groups excluding carboxylic acids is 4. The van der Waals surface area contributed by atoms with Gasteiger partial charge in [0.2, 0.25) is 0 Å². The van der Waals surface area contributed by atoms with E-state index in [2.05, 4.69) is 34.6 Å². The Morgan fingerprint density at radius 3 is 0.782 bits per heavy atom. The fraction of sp³-hybridized carbons (Fsp3) is 0.941. The number of phosphoric ester groups is 2. The van der Waals surface area contributed by atoms with Gasteiger partial charge in [-0.05, 0) is 31.6 Å². The van der Waals surface area contributed by atoms with Gasteiger partial charge in [0.05, 0.1) is 26.4 Å². The Kier molecular flexibility index (Phi) is 60.2. The van der Waals surface area contributed by atoms with E-state index in [-0.39, 0.29) is 25.7 Å². The van der Waals surface area contributed by atoms with E-state index in [9.17, 15) is 43.2 Å². The van der Waals surface area contributed by atoms with E-state index in [4.69, 9.17) is 37.0 Å². The number of ether oxygens (including phenoxy) is 4. The molecule has 0 saturated carbocycles. The predicted molar refractivity (Wildman–Crippen MR) is 349 cm³/mol. The van der Waals surface area contributed by atoms with Crippen LogP contribution in [0.3, 0.4) is 0 Å². The Hall–Kier alpha value is -1.94. The summed E-state index contributed by atoms with van der Waals surface area (Å²) in [6.07, 6.45) is 47.5. The molecule has 5 atom stereocenters. The molecule has 0 bridgehead atoms. The summed E-state index contributed by atoms with van der Waals surface area (Å²) in [6, 6.07) is 0. The van der Waals surface area contributed by atoms with Crippen molar-refractivity contribution in [3.8, 4) is 0 Å². The summed E-state index contributed by atoms with van der Waals surface area (Å²) < 4.78 is 68.0. The fourth-order valence-corrected chi connectivity index (χ4v) is 11.9. The Balaban J connectivity index is 5.12. The molecule has 0 aromatic heterocycles. The fourth-order valence-electron chi connectivity index (χ4n) is 10.3. The number of hydrogen-bond donors (Lipinski definition) is 3. The normalized spacial score (nSPS) is 14.1. The molecule has 516 valence electrons. The van der Waals surface area contributed by atoms with Crippen molar-refractivity contribution in [2.75, 3.05) is 39.6 Å². The molecule has 0 aliphatic carbocycles. The van der Waals surface area contributed by atoms with Crippen molar-refractivity contribution >= 4 is 39.5 Å². The minimum absolute atomic E-state index is 0.106. The van der Waals surface area contributed by atoms with Crippen LogP contribution in [0.5, 0.6) is 0 Å². The van der Waals surface area contributed by atoms with Crippen molar-refractivity contribution in [1.82, 2.24) is 0 Å². The largest absolute Gasteiger partial charge is 0.472 e. The smallest absolute Gasteiger partial charge is 0.462 e. The average molecular weight is 1280 g/mol. The molecule has 87 heavy (non-hydrogen) atoms. The number of unbranched alkanes of at least 4 members (excludes halogenated alkanes) is 40. The summed E-state index contributed by atoms with van der Waals surface area (Å²) >= 11 is 0. The first kappa shape index (κ1) is 85.1. The number of hydrogen-bond acceptors (Lipinski definition) is 15. The van der Waals surface area contributed by atoms with E-state index in [0.29, 0.717) is 31.6 Å². The monoisotopic (exact) mass is 1280 g/mol. The lowest BCUT2D eigenvalue weighted by molar-refractivity contribution is -0.161. The van der Waals surface area contributed by atoms with Gasteiger partial charge in [0, 0.05) is 25.7 Å². The SMILES string of the molecule is CCCCCCCCCCCCCCCCCCCCCCC(=O)O[C@H](COC(=O)CCCCCCCCC(C)C)COP(=O)(O)OC[C@@H](O)COP(=O)(O)OC[C@@H](COC(=O)CCCCCCCCCCC)OC(=O)CCCCCCCCCCC. The van der Waals surface area contributed by atoms with E-state index < -0.39 is 97.5 Å². The topological polar surface area (TPSA) is 237 Å². The number of carbonyl (C=O) groups is 4. The van der Waals surface area contributed by atoms with Crippen LogP contribution in [-0.2, 0) is 65.4 Å². The highest BCUT2D eigenvalue weighted by Crippen LogP contribution is 2.45. The molecule has 0 amide bonds. The van der Waals surface area contributed by atoms with Gasteiger partial charge in [-0.3, -0.25) is 37.3 Å². The number of phosphoric acid groups is 2. The summed E-state index contributed by atoms with van der Waals surface area (Å²) in [4.78, 5) is 72.2. The Morgan fingerprint density at radius 2 is 0.529 bits per heavy atom. The maximum absolute atomic E-state index is 13.0. The zero-order chi connectivity index (χ0) is 64.2. The first-order valence-electron chi connectivity index (χ1n) is 35.6. The molecular formula is C68H132O17P2. The third kappa shape index (κ3) is 62.6. The molecular weight excluding hydrogens is 1150 g/mol. The van der Waals surface area contributed by atoms with Gasteiger partial charge in [-0.2, -0.15) is 0 Å². The van der Waals surface area contributed by atoms with Crippen LogP contribution in [0.15, 0.2) is 0 Å². The van der Waals surface area contributed by atoms with Crippen LogP contribution in [0.25, 0.3) is 0 Å². The molecule has 0 saturated heterocycles. The molecule has 0 aliphatic heterocycles. The molecule has 0 aliphatic rings. The lowest BCUT2D eigenvalue weighted by Crippen LogP contribution is -2.30. The highest BCUT2D eigenvalue weighted by molar-refractivity contribution is 7.47. The van der Waals surface area contributed by atoms with Gasteiger partial charge in [0.1, 0.15) is 19.3 Å². The lowest BCUT2D eigenvalue weighted by atomic mass is 10.0. The molecule has 0 rings (SSSR count). The zero-order valence-electron chi connectivity index (χ0n) is 56.2. The van der Waals surface area contributed by atoms with Crippen LogP contribution in [0.2, 0.25) is 0 Å². The van der Waals surface area contributed by atoms with Gasteiger partial charge in [0.25, 0.3) is 0 Å². The molecule has 0 radical (unpaired) electrons. The van der Waals surface area contributed by atoms with Crippen LogP contribution in [0, 0.1) is 5.92 Å². The van der Waals surface area contributed by atoms with Crippen molar-refractivity contribution in [3.63, 3.8) is 0 Å². The molecule has 0 heterocycles. The van der Waals surface area contributed by atoms with Gasteiger partial charge >= 0.3 is 39.5 Å². The van der Waals surface area contributed by atoms with Crippen LogP contribution in [0.4, 0.5) is 0 Å². The maximum atomic E-state index is 13.0. The van der Waals surface area contributed by atoms with E-state index in [1.165, 1.54) is 167 Å². The van der Waals surface area contributed by atoms with E-state index in [0.717, 1.165) is 96.3 Å². The minimum atomic E-state index is -4.95. The summed E-state index contributed by atoms with van der Waals surface area (Å²) in [5, 5.41) is 10.5. The first-order valence-corrected chi connectivity index (χ1v) is 38.6. The van der Waals surface area contributed by atoms with Crippen LogP contribution in [0.1, 0.15) is 349 Å². The molecule has 0 aromatic rings. The summed E-state index contributed by atoms with van der Waals surface area (Å²) in [5.74, 6) is -1.45. The quantitative estimate of drug-likeness (QED) is 0.0222. The second-order valence-corrected chi connectivity index (χ2v) is 27.9. The zero-order valence-corrected chi connectivity index (χ0v) is 57.9. The van der Waals surface area contributed by atoms with Crippen LogP contribution < -0.4 is 0 Å². The van der Waals surface area contributed by atoms with Gasteiger partial charge < -0.3 is 33.8 Å². The summed E-state index contributed by atoms with van der Waals surface area (Å²) in [6.45, 7) is 7.11. The third-order valence-electron chi connectivity index (χ3n) is 15.8. The average Bonchev–Trinajstić information content (AvgIpc) is 3.70. The summed E-state index contributed by atoms with van der Waals surface area (Å²) in [5.41, 5.74) is 0. The first-order chi connectivity index (χ1) is 42.0. The van der Waals surface area contributed by atoms with E-state index >= 15 is 0 Å². The van der Waals surface area contributed by atoms with Crippen molar-refractivity contribution in [2.45, 2.75) is 368 Å². The van der Waals surface area contributed by atoms with Crippen molar-refractivity contribution < 1.29 is 80.2 Å². The molecule has 2 unspecified atom stereocenters. The van der Waals surface area contributed by atoms with Crippen molar-refractivity contribution in [1.29, 1.82) is 0 Å². The Labute approximate surface area is 530 Å². The second kappa shape index (κ2) is 61.6. The molecule has 19 heteroatoms. The second-order valence-electron chi connectivity index (χ2n) is 25.0. The standard InChI is InChI=1S/C68H132O17P2/c1-6-9-12-15-18-21-22-23-24-25-26-27-28-29-30-31-34-37-44-49-54-68(73)85-64(58-79-66(71)52-47-42-39-38-40-45-50-61(4)5)60-83-87(76,77)81-56-62(69)55-80-86(74,75)82-59-63(84-67(72)53-48-43-36-33-20-17-14-11-8-3)57-78-65(70)51-46-41-35-32-19-16-13-10-7-2/h61-64,69H,6-60H2,1-5H3,(H,74,75)(H,76,77)/t62-,63+,64+/m0/s1. The minimum Gasteiger partial charge on any atom is -0.462 e. The van der Waals surface area contributed by atoms with Gasteiger partial charge in [0.15, 0.2) is 12.2 Å². The van der Waals surface area contributed by atoms with Crippen molar-refractivity contribution in [3.05, 3.63) is 0 Å². The number of rotatable bonds is 68. The molecule has 17 nitrogen and oxygen atoms in total. The third-order valence-corrected chi connectivity index (χ3v) is 17.7. The van der Waals surface area contributed by atoms with Crippen molar-refractivity contribution in [2.24, 2.45) is 5.92 Å². The molecule has 0 aromatic carbocycles. The number of aliphatic hydroxyl groups excluding tert-OH is 1. The van der Waals surface area contributed by atoms with Gasteiger partial charge in [-0.1, -0.05) is 298 Å². The predicted octanol–water partition coefficient (Wildman–Crippen LogP) is 19.4. The van der Waals surface area contributed by atoms with Crippen LogP contribution >= 0.6 is 15.6 Å². The summed E-state index contributed by atoms with van der Waals surface area (Å²) in [7, 11) is -9.89. The highest BCUT2D eigenvalue weighted by Gasteiger charge is 2.30. The van der Waals surface area contributed by atoms with Gasteiger partial charge in [-0.25, -0.2) is 9.13 Å². The molecule has 0 fully saturated rings.